The van der Waals surface area contributed by atoms with Crippen molar-refractivity contribution in [3.8, 4) is 6.07 Å². The Morgan fingerprint density at radius 3 is 2.89 bits per heavy atom. The summed E-state index contributed by atoms with van der Waals surface area (Å²) in [6, 6.07) is 12.1. The van der Waals surface area contributed by atoms with Crippen molar-refractivity contribution in [2.45, 2.75) is 13.5 Å². The lowest BCUT2D eigenvalue weighted by atomic mass is 10.2. The minimum absolute atomic E-state index is 0.690. The van der Waals surface area contributed by atoms with E-state index in [4.69, 9.17) is 5.26 Å². The second-order valence-corrected chi connectivity index (χ2v) is 4.70. The summed E-state index contributed by atoms with van der Waals surface area (Å²) >= 11 is 0. The molecule has 2 heterocycles. The predicted octanol–water partition coefficient (Wildman–Crippen LogP) is 3.26. The van der Waals surface area contributed by atoms with Crippen LogP contribution in [0.3, 0.4) is 0 Å². The minimum atomic E-state index is 0.690. The molecule has 3 aromatic rings. The van der Waals surface area contributed by atoms with E-state index in [0.29, 0.717) is 5.56 Å². The SMILES string of the molecule is Cc1cncc(Cn2ccc3ccc(C#N)cc32)c1. The number of nitriles is 1. The summed E-state index contributed by atoms with van der Waals surface area (Å²) in [5.74, 6) is 0. The van der Waals surface area contributed by atoms with Gasteiger partial charge in [0, 0.05) is 30.7 Å². The van der Waals surface area contributed by atoms with E-state index in [1.165, 1.54) is 5.56 Å². The average molecular weight is 247 g/mol. The Hall–Kier alpha value is -2.60. The Bertz CT molecular complexity index is 778. The Labute approximate surface area is 111 Å². The maximum atomic E-state index is 8.98. The number of rotatable bonds is 2. The van der Waals surface area contributed by atoms with E-state index in [1.54, 1.807) is 0 Å². The summed E-state index contributed by atoms with van der Waals surface area (Å²) in [6.07, 6.45) is 5.78. The fourth-order valence-corrected chi connectivity index (χ4v) is 2.29. The number of fused-ring (bicyclic) bond motifs is 1. The molecule has 0 amide bonds. The molecular formula is C16H13N3. The van der Waals surface area contributed by atoms with Crippen molar-refractivity contribution in [3.63, 3.8) is 0 Å². The molecule has 0 saturated heterocycles. The maximum Gasteiger partial charge on any atom is 0.0992 e. The second-order valence-electron chi connectivity index (χ2n) is 4.70. The van der Waals surface area contributed by atoms with Gasteiger partial charge in [0.1, 0.15) is 0 Å². The summed E-state index contributed by atoms with van der Waals surface area (Å²) in [5.41, 5.74) is 4.10. The van der Waals surface area contributed by atoms with E-state index >= 15 is 0 Å². The van der Waals surface area contributed by atoms with Crippen molar-refractivity contribution < 1.29 is 0 Å². The Morgan fingerprint density at radius 2 is 2.11 bits per heavy atom. The molecule has 0 saturated carbocycles. The van der Waals surface area contributed by atoms with Crippen LogP contribution in [0.2, 0.25) is 0 Å². The molecule has 92 valence electrons. The van der Waals surface area contributed by atoms with E-state index < -0.39 is 0 Å². The van der Waals surface area contributed by atoms with Gasteiger partial charge in [-0.05, 0) is 41.6 Å². The number of benzene rings is 1. The molecule has 0 unspecified atom stereocenters. The summed E-state index contributed by atoms with van der Waals surface area (Å²) in [4.78, 5) is 4.21. The van der Waals surface area contributed by atoms with Gasteiger partial charge in [0.25, 0.3) is 0 Å². The molecule has 1 aromatic carbocycles. The molecule has 3 heteroatoms. The fraction of sp³-hybridized carbons (Fsp3) is 0.125. The van der Waals surface area contributed by atoms with Gasteiger partial charge in [0.2, 0.25) is 0 Å². The minimum Gasteiger partial charge on any atom is -0.343 e. The molecule has 0 spiro atoms. The number of aromatic nitrogens is 2. The number of aryl methyl sites for hydroxylation is 1. The lowest BCUT2D eigenvalue weighted by molar-refractivity contribution is 0.830. The summed E-state index contributed by atoms with van der Waals surface area (Å²) < 4.78 is 2.15. The van der Waals surface area contributed by atoms with Crippen LogP contribution in [0, 0.1) is 18.3 Å². The first kappa shape index (κ1) is 11.5. The average Bonchev–Trinajstić information content (AvgIpc) is 2.81. The summed E-state index contributed by atoms with van der Waals surface area (Å²) in [7, 11) is 0. The molecule has 3 rings (SSSR count). The molecule has 0 N–H and O–H groups in total. The van der Waals surface area contributed by atoms with Crippen LogP contribution in [0.1, 0.15) is 16.7 Å². The first-order valence-corrected chi connectivity index (χ1v) is 6.16. The Kier molecular flexibility index (Phi) is 2.77. The number of hydrogen-bond acceptors (Lipinski definition) is 2. The number of pyridine rings is 1. The topological polar surface area (TPSA) is 41.6 Å². The van der Waals surface area contributed by atoms with Gasteiger partial charge in [-0.3, -0.25) is 4.98 Å². The van der Waals surface area contributed by atoms with Crippen LogP contribution in [-0.4, -0.2) is 9.55 Å². The highest BCUT2D eigenvalue weighted by Crippen LogP contribution is 2.18. The molecule has 0 radical (unpaired) electrons. The van der Waals surface area contributed by atoms with Crippen molar-refractivity contribution in [1.82, 2.24) is 9.55 Å². The monoisotopic (exact) mass is 247 g/mol. The predicted molar refractivity (Wildman–Crippen MR) is 74.7 cm³/mol. The molecule has 0 atom stereocenters. The van der Waals surface area contributed by atoms with Crippen LogP contribution in [0.25, 0.3) is 10.9 Å². The third kappa shape index (κ3) is 2.21. The van der Waals surface area contributed by atoms with E-state index in [-0.39, 0.29) is 0 Å². The zero-order valence-electron chi connectivity index (χ0n) is 10.7. The highest BCUT2D eigenvalue weighted by molar-refractivity contribution is 5.81. The summed E-state index contributed by atoms with van der Waals surface area (Å²) in [6.45, 7) is 2.81. The van der Waals surface area contributed by atoms with Crippen LogP contribution in [-0.2, 0) is 6.54 Å². The van der Waals surface area contributed by atoms with Gasteiger partial charge in [-0.2, -0.15) is 5.26 Å². The number of nitrogens with zero attached hydrogens (tertiary/aromatic N) is 3. The highest BCUT2D eigenvalue weighted by Gasteiger charge is 2.03. The molecule has 0 aliphatic carbocycles. The molecule has 2 aromatic heterocycles. The van der Waals surface area contributed by atoms with E-state index in [2.05, 4.69) is 27.8 Å². The van der Waals surface area contributed by atoms with Gasteiger partial charge in [-0.15, -0.1) is 0 Å². The van der Waals surface area contributed by atoms with E-state index in [1.807, 2.05) is 43.7 Å². The lowest BCUT2D eigenvalue weighted by Crippen LogP contribution is -1.99. The van der Waals surface area contributed by atoms with Gasteiger partial charge >= 0.3 is 0 Å². The third-order valence-corrected chi connectivity index (χ3v) is 3.19. The molecule has 3 nitrogen and oxygen atoms in total. The van der Waals surface area contributed by atoms with Crippen molar-refractivity contribution in [2.75, 3.05) is 0 Å². The van der Waals surface area contributed by atoms with Crippen molar-refractivity contribution in [2.24, 2.45) is 0 Å². The first-order chi connectivity index (χ1) is 9.26. The Balaban J connectivity index is 2.03. The quantitative estimate of drug-likeness (QED) is 0.697. The molecule has 0 aliphatic rings. The second kappa shape index (κ2) is 4.58. The van der Waals surface area contributed by atoms with Gasteiger partial charge in [-0.1, -0.05) is 12.1 Å². The number of hydrogen-bond donors (Lipinski definition) is 0. The molecule has 19 heavy (non-hydrogen) atoms. The van der Waals surface area contributed by atoms with Crippen LogP contribution < -0.4 is 0 Å². The maximum absolute atomic E-state index is 8.98. The Morgan fingerprint density at radius 1 is 1.21 bits per heavy atom. The zero-order valence-corrected chi connectivity index (χ0v) is 10.7. The van der Waals surface area contributed by atoms with Crippen molar-refractivity contribution >= 4 is 10.9 Å². The van der Waals surface area contributed by atoms with Gasteiger partial charge in [0.05, 0.1) is 11.6 Å². The van der Waals surface area contributed by atoms with Gasteiger partial charge in [0.15, 0.2) is 0 Å². The van der Waals surface area contributed by atoms with Crippen LogP contribution in [0.4, 0.5) is 0 Å². The smallest absolute Gasteiger partial charge is 0.0992 e. The lowest BCUT2D eigenvalue weighted by Gasteiger charge is -2.06. The molecule has 0 aliphatic heterocycles. The normalized spacial score (nSPS) is 10.5. The molecule has 0 bridgehead atoms. The van der Waals surface area contributed by atoms with Crippen LogP contribution >= 0.6 is 0 Å². The van der Waals surface area contributed by atoms with Crippen LogP contribution in [0.5, 0.6) is 0 Å². The summed E-state index contributed by atoms with van der Waals surface area (Å²) in [5, 5.41) is 10.1. The molecular weight excluding hydrogens is 234 g/mol. The zero-order chi connectivity index (χ0) is 13.2. The standard InChI is InChI=1S/C16H13N3/c1-12-6-14(10-18-9-12)11-19-5-4-15-3-2-13(8-17)7-16(15)19/h2-7,9-10H,11H2,1H3. The van der Waals surface area contributed by atoms with E-state index in [0.717, 1.165) is 23.0 Å². The van der Waals surface area contributed by atoms with Gasteiger partial charge < -0.3 is 4.57 Å². The highest BCUT2D eigenvalue weighted by atomic mass is 15.0. The third-order valence-electron chi connectivity index (χ3n) is 3.19. The largest absolute Gasteiger partial charge is 0.343 e. The first-order valence-electron chi connectivity index (χ1n) is 6.16. The fourth-order valence-electron chi connectivity index (χ4n) is 2.29. The molecule has 0 fully saturated rings. The van der Waals surface area contributed by atoms with Gasteiger partial charge in [-0.25, -0.2) is 0 Å². The van der Waals surface area contributed by atoms with E-state index in [9.17, 15) is 0 Å². The van der Waals surface area contributed by atoms with Crippen LogP contribution in [0.15, 0.2) is 48.9 Å². The van der Waals surface area contributed by atoms with Crippen molar-refractivity contribution in [3.05, 3.63) is 65.6 Å². The van der Waals surface area contributed by atoms with Crippen molar-refractivity contribution in [1.29, 1.82) is 5.26 Å².